The Morgan fingerprint density at radius 2 is 2.27 bits per heavy atom. The SMILES string of the molecule is CC(=O)C1CCCc2cnc(C3CC3)n21. The topological polar surface area (TPSA) is 34.9 Å². The Hall–Kier alpha value is -1.12. The highest BCUT2D eigenvalue weighted by Crippen LogP contribution is 2.42. The third-order valence-corrected chi connectivity index (χ3v) is 3.54. The van der Waals surface area contributed by atoms with Gasteiger partial charge in [0, 0.05) is 17.8 Å². The number of hydrogen-bond donors (Lipinski definition) is 0. The van der Waals surface area contributed by atoms with Gasteiger partial charge >= 0.3 is 0 Å². The molecule has 0 radical (unpaired) electrons. The fraction of sp³-hybridized carbons (Fsp3) is 0.667. The number of aryl methyl sites for hydroxylation is 1. The van der Waals surface area contributed by atoms with Crippen LogP contribution in [0.4, 0.5) is 0 Å². The summed E-state index contributed by atoms with van der Waals surface area (Å²) < 4.78 is 2.23. The Kier molecular flexibility index (Phi) is 1.94. The van der Waals surface area contributed by atoms with Crippen LogP contribution in [0.15, 0.2) is 6.20 Å². The van der Waals surface area contributed by atoms with Crippen molar-refractivity contribution in [2.24, 2.45) is 0 Å². The van der Waals surface area contributed by atoms with Crippen LogP contribution in [0, 0.1) is 0 Å². The van der Waals surface area contributed by atoms with E-state index in [1.54, 1.807) is 6.92 Å². The molecule has 3 rings (SSSR count). The molecule has 1 aliphatic heterocycles. The van der Waals surface area contributed by atoms with Crippen LogP contribution in [-0.4, -0.2) is 15.3 Å². The van der Waals surface area contributed by atoms with Crippen molar-refractivity contribution in [3.8, 4) is 0 Å². The monoisotopic (exact) mass is 204 g/mol. The number of aromatic nitrogens is 2. The van der Waals surface area contributed by atoms with Crippen LogP contribution in [0.25, 0.3) is 0 Å². The maximum absolute atomic E-state index is 11.6. The minimum absolute atomic E-state index is 0.0758. The van der Waals surface area contributed by atoms with Gasteiger partial charge in [-0.15, -0.1) is 0 Å². The van der Waals surface area contributed by atoms with Crippen molar-refractivity contribution in [2.45, 2.75) is 51.0 Å². The summed E-state index contributed by atoms with van der Waals surface area (Å²) in [5.74, 6) is 2.10. The molecule has 3 heteroatoms. The first kappa shape index (κ1) is 9.13. The quantitative estimate of drug-likeness (QED) is 0.740. The van der Waals surface area contributed by atoms with E-state index in [1.807, 2.05) is 6.20 Å². The predicted molar refractivity (Wildman–Crippen MR) is 56.9 cm³/mol. The molecule has 15 heavy (non-hydrogen) atoms. The zero-order chi connectivity index (χ0) is 10.4. The molecule has 2 aliphatic rings. The van der Waals surface area contributed by atoms with Crippen LogP contribution in [0.5, 0.6) is 0 Å². The van der Waals surface area contributed by atoms with Crippen LogP contribution in [0.1, 0.15) is 56.1 Å². The number of imidazole rings is 1. The highest BCUT2D eigenvalue weighted by Gasteiger charge is 2.34. The average molecular weight is 204 g/mol. The van der Waals surface area contributed by atoms with Crippen molar-refractivity contribution in [3.05, 3.63) is 17.7 Å². The van der Waals surface area contributed by atoms with Crippen LogP contribution < -0.4 is 0 Å². The van der Waals surface area contributed by atoms with E-state index in [-0.39, 0.29) is 11.8 Å². The van der Waals surface area contributed by atoms with Gasteiger partial charge in [-0.05, 0) is 39.0 Å². The number of rotatable bonds is 2. The number of carbonyl (C=O) groups is 1. The number of fused-ring (bicyclic) bond motifs is 1. The number of ketones is 1. The Morgan fingerprint density at radius 1 is 1.47 bits per heavy atom. The third kappa shape index (κ3) is 1.41. The van der Waals surface area contributed by atoms with Gasteiger partial charge in [-0.25, -0.2) is 4.98 Å². The predicted octanol–water partition coefficient (Wildman–Crippen LogP) is 2.23. The van der Waals surface area contributed by atoms with Crippen molar-refractivity contribution in [1.29, 1.82) is 0 Å². The first-order chi connectivity index (χ1) is 7.27. The van der Waals surface area contributed by atoms with E-state index in [1.165, 1.54) is 24.4 Å². The van der Waals surface area contributed by atoms with Crippen molar-refractivity contribution in [2.75, 3.05) is 0 Å². The lowest BCUT2D eigenvalue weighted by Gasteiger charge is -2.25. The van der Waals surface area contributed by atoms with Crippen LogP contribution >= 0.6 is 0 Å². The fourth-order valence-electron chi connectivity index (χ4n) is 2.59. The molecule has 1 fully saturated rings. The van der Waals surface area contributed by atoms with Gasteiger partial charge < -0.3 is 4.57 Å². The van der Waals surface area contributed by atoms with Crippen molar-refractivity contribution < 1.29 is 4.79 Å². The van der Waals surface area contributed by atoms with Crippen molar-refractivity contribution in [3.63, 3.8) is 0 Å². The largest absolute Gasteiger partial charge is 0.321 e. The molecule has 0 aromatic carbocycles. The highest BCUT2D eigenvalue weighted by atomic mass is 16.1. The van der Waals surface area contributed by atoms with E-state index < -0.39 is 0 Å². The van der Waals surface area contributed by atoms with Crippen LogP contribution in [0.3, 0.4) is 0 Å². The van der Waals surface area contributed by atoms with Gasteiger partial charge in [-0.3, -0.25) is 4.79 Å². The van der Waals surface area contributed by atoms with Crippen molar-refractivity contribution in [1.82, 2.24) is 9.55 Å². The number of nitrogens with zero attached hydrogens (tertiary/aromatic N) is 2. The molecule has 0 amide bonds. The molecule has 1 aromatic rings. The zero-order valence-corrected chi connectivity index (χ0v) is 9.07. The standard InChI is InChI=1S/C12H16N2O/c1-8(15)11-4-2-3-10-7-13-12(14(10)11)9-5-6-9/h7,9,11H,2-6H2,1H3. The van der Waals surface area contributed by atoms with E-state index in [2.05, 4.69) is 9.55 Å². The fourth-order valence-corrected chi connectivity index (χ4v) is 2.59. The minimum Gasteiger partial charge on any atom is -0.321 e. The van der Waals surface area contributed by atoms with E-state index in [0.717, 1.165) is 19.3 Å². The zero-order valence-electron chi connectivity index (χ0n) is 9.07. The summed E-state index contributed by atoms with van der Waals surface area (Å²) in [6.07, 6.45) is 7.69. The second kappa shape index (κ2) is 3.19. The van der Waals surface area contributed by atoms with E-state index >= 15 is 0 Å². The van der Waals surface area contributed by atoms with Crippen molar-refractivity contribution >= 4 is 5.78 Å². The first-order valence-electron chi connectivity index (χ1n) is 5.84. The Morgan fingerprint density at radius 3 is 2.93 bits per heavy atom. The van der Waals surface area contributed by atoms with Crippen LogP contribution in [0.2, 0.25) is 0 Å². The Bertz CT molecular complexity index is 404. The molecule has 3 nitrogen and oxygen atoms in total. The third-order valence-electron chi connectivity index (χ3n) is 3.54. The van der Waals surface area contributed by atoms with Gasteiger partial charge in [0.1, 0.15) is 5.82 Å². The maximum Gasteiger partial charge on any atom is 0.152 e. The lowest BCUT2D eigenvalue weighted by atomic mass is 10.00. The molecule has 0 spiro atoms. The van der Waals surface area contributed by atoms with Gasteiger partial charge in [0.15, 0.2) is 5.78 Å². The summed E-state index contributed by atoms with van der Waals surface area (Å²) in [4.78, 5) is 16.1. The molecule has 0 N–H and O–H groups in total. The highest BCUT2D eigenvalue weighted by molar-refractivity contribution is 5.80. The first-order valence-corrected chi connectivity index (χ1v) is 5.84. The molecule has 1 aromatic heterocycles. The smallest absolute Gasteiger partial charge is 0.152 e. The number of hydrogen-bond acceptors (Lipinski definition) is 2. The molecule has 80 valence electrons. The molecule has 1 atom stereocenters. The van der Waals surface area contributed by atoms with Gasteiger partial charge in [-0.2, -0.15) is 0 Å². The normalized spacial score (nSPS) is 25.0. The van der Waals surface area contributed by atoms with Crippen LogP contribution in [-0.2, 0) is 11.2 Å². The Labute approximate surface area is 89.5 Å². The second-order valence-corrected chi connectivity index (χ2v) is 4.77. The van der Waals surface area contributed by atoms with E-state index in [4.69, 9.17) is 0 Å². The summed E-state index contributed by atoms with van der Waals surface area (Å²) in [5.41, 5.74) is 1.27. The van der Waals surface area contributed by atoms with E-state index in [9.17, 15) is 4.79 Å². The lowest BCUT2D eigenvalue weighted by Crippen LogP contribution is -2.24. The molecule has 1 saturated carbocycles. The van der Waals surface area contributed by atoms with Gasteiger partial charge in [-0.1, -0.05) is 0 Å². The van der Waals surface area contributed by atoms with E-state index in [0.29, 0.717) is 5.92 Å². The molecule has 0 bridgehead atoms. The number of carbonyl (C=O) groups excluding carboxylic acids is 1. The summed E-state index contributed by atoms with van der Waals surface area (Å²) in [7, 11) is 0. The maximum atomic E-state index is 11.6. The molecular weight excluding hydrogens is 188 g/mol. The van der Waals surface area contributed by atoms with Gasteiger partial charge in [0.05, 0.1) is 6.04 Å². The summed E-state index contributed by atoms with van der Waals surface area (Å²) in [6.45, 7) is 1.70. The lowest BCUT2D eigenvalue weighted by molar-refractivity contribution is -0.120. The molecule has 0 saturated heterocycles. The minimum atomic E-state index is 0.0758. The summed E-state index contributed by atoms with van der Waals surface area (Å²) in [6, 6.07) is 0.0758. The van der Waals surface area contributed by atoms with Gasteiger partial charge in [0.25, 0.3) is 0 Å². The molecule has 1 unspecified atom stereocenters. The molecule has 1 aliphatic carbocycles. The average Bonchev–Trinajstić information content (AvgIpc) is 2.97. The van der Waals surface area contributed by atoms with Gasteiger partial charge in [0.2, 0.25) is 0 Å². The summed E-state index contributed by atoms with van der Waals surface area (Å²) in [5, 5.41) is 0. The number of Topliss-reactive ketones (excluding diaryl/α,β-unsaturated/α-hetero) is 1. The second-order valence-electron chi connectivity index (χ2n) is 4.77. The molecule has 2 heterocycles. The summed E-state index contributed by atoms with van der Waals surface area (Å²) >= 11 is 0. The molecular formula is C12H16N2O. The Balaban J connectivity index is 2.06.